The van der Waals surface area contributed by atoms with Crippen LogP contribution in [0.1, 0.15) is 16.7 Å². The fourth-order valence-electron chi connectivity index (χ4n) is 3.90. The number of rotatable bonds is 4. The molecule has 1 aliphatic heterocycles. The van der Waals surface area contributed by atoms with Crippen LogP contribution in [0.2, 0.25) is 0 Å². The van der Waals surface area contributed by atoms with E-state index in [4.69, 9.17) is 5.26 Å². The number of aromatic nitrogens is 2. The third-order valence-corrected chi connectivity index (χ3v) is 7.44. The van der Waals surface area contributed by atoms with Crippen molar-refractivity contribution in [2.45, 2.75) is 17.9 Å². The van der Waals surface area contributed by atoms with Crippen LogP contribution in [0.25, 0.3) is 10.9 Å². The molecule has 2 aromatic carbocycles. The molecule has 7 nitrogen and oxygen atoms in total. The molecule has 0 spiro atoms. The van der Waals surface area contributed by atoms with Crippen LogP contribution in [0.5, 0.6) is 0 Å². The first-order valence-electron chi connectivity index (χ1n) is 10.1. The first-order chi connectivity index (χ1) is 15.5. The minimum atomic E-state index is -3.65. The Morgan fingerprint density at radius 3 is 2.66 bits per heavy atom. The van der Waals surface area contributed by atoms with E-state index in [1.54, 1.807) is 12.4 Å². The van der Waals surface area contributed by atoms with Gasteiger partial charge in [0.15, 0.2) is 0 Å². The molecule has 158 valence electrons. The summed E-state index contributed by atoms with van der Waals surface area (Å²) in [4.78, 5) is 9.17. The van der Waals surface area contributed by atoms with E-state index in [0.29, 0.717) is 18.5 Å². The zero-order chi connectivity index (χ0) is 22.1. The summed E-state index contributed by atoms with van der Waals surface area (Å²) in [5, 5.41) is 13.3. The summed E-state index contributed by atoms with van der Waals surface area (Å²) in [6, 6.07) is 19.8. The number of nitrogens with one attached hydrogen (secondary N) is 1. The molecule has 0 unspecified atom stereocenters. The molecule has 8 heteroatoms. The Morgan fingerprint density at radius 1 is 1.03 bits per heavy atom. The number of anilines is 2. The van der Waals surface area contributed by atoms with Crippen LogP contribution in [-0.4, -0.2) is 29.2 Å². The number of hydrogen-bond acceptors (Lipinski definition) is 6. The summed E-state index contributed by atoms with van der Waals surface area (Å²) in [6.07, 6.45) is 4.00. The second-order valence-electron chi connectivity index (χ2n) is 7.56. The van der Waals surface area contributed by atoms with E-state index in [-0.39, 0.29) is 11.4 Å². The minimum Gasteiger partial charge on any atom is -0.339 e. The van der Waals surface area contributed by atoms with E-state index in [1.807, 2.05) is 42.5 Å². The first-order valence-corrected chi connectivity index (χ1v) is 11.6. The van der Waals surface area contributed by atoms with Crippen LogP contribution in [0.4, 0.5) is 11.5 Å². The zero-order valence-electron chi connectivity index (χ0n) is 17.1. The van der Waals surface area contributed by atoms with Gasteiger partial charge in [-0.05, 0) is 54.4 Å². The van der Waals surface area contributed by atoms with E-state index in [9.17, 15) is 8.42 Å². The van der Waals surface area contributed by atoms with Gasteiger partial charge in [-0.2, -0.15) is 9.57 Å². The zero-order valence-corrected chi connectivity index (χ0v) is 17.9. The van der Waals surface area contributed by atoms with Crippen molar-refractivity contribution in [2.24, 2.45) is 0 Å². The molecule has 0 fully saturated rings. The minimum absolute atomic E-state index is 0.189. The lowest BCUT2D eigenvalue weighted by Gasteiger charge is -2.29. The van der Waals surface area contributed by atoms with Crippen molar-refractivity contribution >= 4 is 32.4 Å². The summed E-state index contributed by atoms with van der Waals surface area (Å²) < 4.78 is 27.7. The topological polar surface area (TPSA) is 99.0 Å². The van der Waals surface area contributed by atoms with Crippen LogP contribution < -0.4 is 5.32 Å². The molecule has 0 amide bonds. The van der Waals surface area contributed by atoms with Crippen LogP contribution in [-0.2, 0) is 23.0 Å². The number of sulfonamides is 1. The molecule has 5 rings (SSSR count). The van der Waals surface area contributed by atoms with Crippen molar-refractivity contribution in [1.29, 1.82) is 5.26 Å². The molecular formula is C24H19N5O2S. The molecule has 0 saturated heterocycles. The van der Waals surface area contributed by atoms with Gasteiger partial charge in [-0.1, -0.05) is 18.2 Å². The number of fused-ring (bicyclic) bond motifs is 2. The largest absolute Gasteiger partial charge is 0.339 e. The second kappa shape index (κ2) is 8.04. The van der Waals surface area contributed by atoms with Gasteiger partial charge in [0.05, 0.1) is 33.9 Å². The van der Waals surface area contributed by atoms with Gasteiger partial charge < -0.3 is 5.32 Å². The second-order valence-corrected chi connectivity index (χ2v) is 9.50. The average molecular weight is 442 g/mol. The Morgan fingerprint density at radius 2 is 1.84 bits per heavy atom. The summed E-state index contributed by atoms with van der Waals surface area (Å²) >= 11 is 0. The van der Waals surface area contributed by atoms with Crippen molar-refractivity contribution in [3.05, 3.63) is 89.7 Å². The standard InChI is InChI=1S/C24H19N5O2S/c25-14-17-5-7-21(8-6-17)32(30,31)29-12-10-22-19(16-29)9-11-26-24(22)28-20-13-18-3-1-2-4-23(18)27-15-20/h1-9,11,13,15H,10,12,16H2,(H,26,28). The third kappa shape index (κ3) is 3.68. The van der Waals surface area contributed by atoms with Crippen LogP contribution in [0, 0.1) is 11.3 Å². The Labute approximate surface area is 186 Å². The van der Waals surface area contributed by atoms with Crippen molar-refractivity contribution in [2.75, 3.05) is 11.9 Å². The monoisotopic (exact) mass is 441 g/mol. The molecule has 1 aliphatic rings. The molecular weight excluding hydrogens is 422 g/mol. The lowest BCUT2D eigenvalue weighted by Crippen LogP contribution is -2.36. The Bertz CT molecular complexity index is 1460. The van der Waals surface area contributed by atoms with Crippen LogP contribution in [0.15, 0.2) is 78.0 Å². The van der Waals surface area contributed by atoms with Gasteiger partial charge in [-0.3, -0.25) is 4.98 Å². The lowest BCUT2D eigenvalue weighted by molar-refractivity contribution is 0.391. The Balaban J connectivity index is 1.41. The summed E-state index contributed by atoms with van der Waals surface area (Å²) in [6.45, 7) is 0.622. The highest BCUT2D eigenvalue weighted by atomic mass is 32.2. The van der Waals surface area contributed by atoms with Gasteiger partial charge in [-0.25, -0.2) is 13.4 Å². The highest BCUT2D eigenvalue weighted by molar-refractivity contribution is 7.89. The smallest absolute Gasteiger partial charge is 0.243 e. The highest BCUT2D eigenvalue weighted by Gasteiger charge is 2.29. The molecule has 0 radical (unpaired) electrons. The van der Waals surface area contributed by atoms with E-state index in [0.717, 1.165) is 33.5 Å². The Kier molecular flexibility index (Phi) is 5.05. The first kappa shape index (κ1) is 20.1. The molecule has 2 aromatic heterocycles. The van der Waals surface area contributed by atoms with Crippen molar-refractivity contribution < 1.29 is 8.42 Å². The predicted octanol–water partition coefficient (Wildman–Crippen LogP) is 3.99. The van der Waals surface area contributed by atoms with Gasteiger partial charge in [0.2, 0.25) is 10.0 Å². The van der Waals surface area contributed by atoms with Crippen molar-refractivity contribution in [1.82, 2.24) is 14.3 Å². The van der Waals surface area contributed by atoms with Crippen molar-refractivity contribution in [3.63, 3.8) is 0 Å². The Hall–Kier alpha value is -3.80. The quantitative estimate of drug-likeness (QED) is 0.514. The number of benzene rings is 2. The maximum Gasteiger partial charge on any atom is 0.243 e. The predicted molar refractivity (Wildman–Crippen MR) is 122 cm³/mol. The SMILES string of the molecule is N#Cc1ccc(S(=O)(=O)N2CCc3c(ccnc3Nc3cnc4ccccc4c3)C2)cc1. The maximum atomic E-state index is 13.1. The molecule has 0 saturated carbocycles. The fourth-order valence-corrected chi connectivity index (χ4v) is 5.32. The number of hydrogen-bond donors (Lipinski definition) is 1. The van der Waals surface area contributed by atoms with E-state index in [2.05, 4.69) is 15.3 Å². The van der Waals surface area contributed by atoms with Gasteiger partial charge in [0, 0.05) is 30.2 Å². The molecule has 32 heavy (non-hydrogen) atoms. The van der Waals surface area contributed by atoms with Gasteiger partial charge in [-0.15, -0.1) is 0 Å². The van der Waals surface area contributed by atoms with Gasteiger partial charge >= 0.3 is 0 Å². The molecule has 4 aromatic rings. The average Bonchev–Trinajstić information content (AvgIpc) is 2.84. The normalized spacial score (nSPS) is 14.0. The number of nitriles is 1. The lowest BCUT2D eigenvalue weighted by atomic mass is 10.0. The summed E-state index contributed by atoms with van der Waals surface area (Å²) in [5.74, 6) is 0.718. The third-order valence-electron chi connectivity index (χ3n) is 5.59. The maximum absolute atomic E-state index is 13.1. The number of para-hydroxylation sites is 1. The molecule has 3 heterocycles. The molecule has 0 atom stereocenters. The molecule has 0 aliphatic carbocycles. The summed E-state index contributed by atoms with van der Waals surface area (Å²) in [7, 11) is -3.65. The van der Waals surface area contributed by atoms with Gasteiger partial charge in [0.1, 0.15) is 5.82 Å². The molecule has 1 N–H and O–H groups in total. The van der Waals surface area contributed by atoms with E-state index < -0.39 is 10.0 Å². The highest BCUT2D eigenvalue weighted by Crippen LogP contribution is 2.30. The summed E-state index contributed by atoms with van der Waals surface area (Å²) in [5.41, 5.74) is 4.10. The van der Waals surface area contributed by atoms with Crippen molar-refractivity contribution in [3.8, 4) is 6.07 Å². The number of nitrogens with zero attached hydrogens (tertiary/aromatic N) is 4. The molecule has 0 bridgehead atoms. The van der Waals surface area contributed by atoms with E-state index >= 15 is 0 Å². The number of pyridine rings is 2. The fraction of sp³-hybridized carbons (Fsp3) is 0.125. The van der Waals surface area contributed by atoms with Crippen LogP contribution >= 0.6 is 0 Å². The van der Waals surface area contributed by atoms with Crippen LogP contribution in [0.3, 0.4) is 0 Å². The van der Waals surface area contributed by atoms with Gasteiger partial charge in [0.25, 0.3) is 0 Å². The van der Waals surface area contributed by atoms with E-state index in [1.165, 1.54) is 28.6 Å².